The number of methoxy groups -OCH3 is 1. The normalized spacial score (nSPS) is 6.00. The second kappa shape index (κ2) is 44.5. The summed E-state index contributed by atoms with van der Waals surface area (Å²) < 4.78 is 4.25. The van der Waals surface area contributed by atoms with Crippen molar-refractivity contribution >= 4 is 0 Å². The van der Waals surface area contributed by atoms with E-state index in [-0.39, 0.29) is 0 Å². The van der Waals surface area contributed by atoms with Crippen molar-refractivity contribution in [1.29, 1.82) is 0 Å². The molecule has 0 aromatic carbocycles. The van der Waals surface area contributed by atoms with Crippen LogP contribution < -0.4 is 5.32 Å². The minimum atomic E-state index is 1.07. The minimum absolute atomic E-state index is 1.07. The number of hydrogen-bond acceptors (Lipinski definition) is 2. The van der Waals surface area contributed by atoms with Crippen molar-refractivity contribution in [1.82, 2.24) is 5.32 Å². The molecular weight excluding hydrogens is 114 g/mol. The lowest BCUT2D eigenvalue weighted by molar-refractivity contribution is 0.277. The van der Waals surface area contributed by atoms with Gasteiger partial charge in [-0.3, -0.25) is 0 Å². The van der Waals surface area contributed by atoms with Gasteiger partial charge in [-0.15, -0.1) is 0 Å². The van der Waals surface area contributed by atoms with Crippen LogP contribution in [-0.4, -0.2) is 27.8 Å². The van der Waals surface area contributed by atoms with E-state index in [2.05, 4.69) is 17.0 Å². The highest BCUT2D eigenvalue weighted by Crippen LogP contribution is 1.34. The molecule has 0 aromatic rings. The van der Waals surface area contributed by atoms with Gasteiger partial charge >= 0.3 is 0 Å². The molecule has 0 aliphatic rings. The molecule has 0 heterocycles. The highest BCUT2D eigenvalue weighted by atomic mass is 16.4. The Morgan fingerprint density at radius 1 is 1.22 bits per heavy atom. The highest BCUT2D eigenvalue weighted by molar-refractivity contribution is 4.15. The van der Waals surface area contributed by atoms with E-state index in [4.69, 9.17) is 0 Å². The molecular formula is C7H21NO. The Hall–Kier alpha value is -0.0800. The zero-order chi connectivity index (χ0) is 8.12. The van der Waals surface area contributed by atoms with E-state index < -0.39 is 0 Å². The first-order chi connectivity index (χ1) is 4.33. The van der Waals surface area contributed by atoms with Crippen LogP contribution in [0.1, 0.15) is 20.8 Å². The Balaban J connectivity index is -0.0000000646. The predicted octanol–water partition coefficient (Wildman–Crippen LogP) is 1.51. The van der Waals surface area contributed by atoms with Gasteiger partial charge in [-0.1, -0.05) is 20.8 Å². The Morgan fingerprint density at radius 2 is 1.33 bits per heavy atom. The highest BCUT2D eigenvalue weighted by Gasteiger charge is 1.50. The fourth-order valence-electron chi connectivity index (χ4n) is 0. The van der Waals surface area contributed by atoms with E-state index >= 15 is 0 Å². The fraction of sp³-hybridized carbons (Fsp3) is 1.00. The van der Waals surface area contributed by atoms with Crippen molar-refractivity contribution in [2.24, 2.45) is 0 Å². The summed E-state index contributed by atoms with van der Waals surface area (Å²) in [4.78, 5) is 0. The standard InChI is InChI=1S/C3H9N.C2H6O.C2H6/c1-3-4-2;1-3-2;1-2/h4H,3H2,1-2H3;1-2H3;1-2H3. The van der Waals surface area contributed by atoms with Crippen LogP contribution in [0.2, 0.25) is 0 Å². The summed E-state index contributed by atoms with van der Waals surface area (Å²) in [6, 6.07) is 0. The second-order valence-corrected chi connectivity index (χ2v) is 1.12. The van der Waals surface area contributed by atoms with Gasteiger partial charge < -0.3 is 10.1 Å². The summed E-state index contributed by atoms with van der Waals surface area (Å²) in [6.45, 7) is 7.14. The van der Waals surface area contributed by atoms with Crippen molar-refractivity contribution in [3.63, 3.8) is 0 Å². The zero-order valence-corrected chi connectivity index (χ0v) is 7.62. The van der Waals surface area contributed by atoms with Gasteiger partial charge in [-0.05, 0) is 13.6 Å². The van der Waals surface area contributed by atoms with E-state index in [1.165, 1.54) is 0 Å². The molecule has 0 rings (SSSR count). The van der Waals surface area contributed by atoms with E-state index in [1.807, 2.05) is 20.9 Å². The summed E-state index contributed by atoms with van der Waals surface area (Å²) in [6.07, 6.45) is 0. The molecule has 0 unspecified atom stereocenters. The molecule has 0 aliphatic carbocycles. The number of hydrogen-bond donors (Lipinski definition) is 1. The molecule has 2 heteroatoms. The second-order valence-electron chi connectivity index (χ2n) is 1.12. The maximum atomic E-state index is 4.25. The predicted molar refractivity (Wildman–Crippen MR) is 43.9 cm³/mol. The summed E-state index contributed by atoms with van der Waals surface area (Å²) in [7, 11) is 5.18. The molecule has 0 bridgehead atoms. The van der Waals surface area contributed by atoms with Crippen LogP contribution in [0.5, 0.6) is 0 Å². The summed E-state index contributed by atoms with van der Waals surface area (Å²) >= 11 is 0. The summed E-state index contributed by atoms with van der Waals surface area (Å²) in [5, 5.41) is 2.93. The average Bonchev–Trinajstić information content (AvgIpc) is 1.94. The molecule has 0 spiro atoms. The quantitative estimate of drug-likeness (QED) is 0.588. The molecule has 0 aliphatic heterocycles. The van der Waals surface area contributed by atoms with E-state index in [0.29, 0.717) is 0 Å². The molecule has 0 aromatic heterocycles. The number of rotatable bonds is 1. The number of ether oxygens (including phenoxy) is 1. The molecule has 60 valence electrons. The van der Waals surface area contributed by atoms with Crippen LogP contribution >= 0.6 is 0 Å². The van der Waals surface area contributed by atoms with Gasteiger partial charge in [0.1, 0.15) is 0 Å². The van der Waals surface area contributed by atoms with Crippen molar-refractivity contribution in [3.8, 4) is 0 Å². The van der Waals surface area contributed by atoms with Crippen molar-refractivity contribution in [2.45, 2.75) is 20.8 Å². The van der Waals surface area contributed by atoms with Gasteiger partial charge in [0, 0.05) is 14.2 Å². The van der Waals surface area contributed by atoms with Gasteiger partial charge in [0.25, 0.3) is 0 Å². The largest absolute Gasteiger partial charge is 0.388 e. The lowest BCUT2D eigenvalue weighted by Crippen LogP contribution is -2.01. The molecule has 0 saturated carbocycles. The molecule has 0 amide bonds. The smallest absolute Gasteiger partial charge is 0.0351 e. The van der Waals surface area contributed by atoms with Crippen LogP contribution in [0.25, 0.3) is 0 Å². The molecule has 0 radical (unpaired) electrons. The number of nitrogens with one attached hydrogen (secondary N) is 1. The van der Waals surface area contributed by atoms with Crippen molar-refractivity contribution in [3.05, 3.63) is 0 Å². The first kappa shape index (κ1) is 16.0. The van der Waals surface area contributed by atoms with Gasteiger partial charge in [-0.25, -0.2) is 0 Å². The van der Waals surface area contributed by atoms with Crippen LogP contribution in [0.15, 0.2) is 0 Å². The molecule has 0 fully saturated rings. The first-order valence-corrected chi connectivity index (χ1v) is 3.38. The maximum absolute atomic E-state index is 4.25. The molecule has 1 N–H and O–H groups in total. The van der Waals surface area contributed by atoms with E-state index in [1.54, 1.807) is 14.2 Å². The molecule has 0 saturated heterocycles. The van der Waals surface area contributed by atoms with Crippen molar-refractivity contribution in [2.75, 3.05) is 27.8 Å². The van der Waals surface area contributed by atoms with Gasteiger partial charge in [0.2, 0.25) is 0 Å². The minimum Gasteiger partial charge on any atom is -0.388 e. The van der Waals surface area contributed by atoms with Crippen LogP contribution in [-0.2, 0) is 4.74 Å². The Kier molecular flexibility index (Phi) is 78.9. The third-order valence-corrected chi connectivity index (χ3v) is 0.354. The van der Waals surface area contributed by atoms with Crippen molar-refractivity contribution < 1.29 is 4.74 Å². The first-order valence-electron chi connectivity index (χ1n) is 3.38. The Morgan fingerprint density at radius 3 is 1.33 bits per heavy atom. The van der Waals surface area contributed by atoms with Gasteiger partial charge in [0.15, 0.2) is 0 Å². The van der Waals surface area contributed by atoms with Crippen LogP contribution in [0, 0.1) is 0 Å². The fourth-order valence-corrected chi connectivity index (χ4v) is 0. The third kappa shape index (κ3) is 328. The van der Waals surface area contributed by atoms with Gasteiger partial charge in [0.05, 0.1) is 0 Å². The van der Waals surface area contributed by atoms with Gasteiger partial charge in [-0.2, -0.15) is 0 Å². The lowest BCUT2D eigenvalue weighted by Gasteiger charge is -1.76. The average molecular weight is 135 g/mol. The van der Waals surface area contributed by atoms with Crippen LogP contribution in [0.3, 0.4) is 0 Å². The maximum Gasteiger partial charge on any atom is 0.0351 e. The lowest BCUT2D eigenvalue weighted by atomic mass is 10.8. The summed E-state index contributed by atoms with van der Waals surface area (Å²) in [5.74, 6) is 0. The molecule has 2 nitrogen and oxygen atoms in total. The molecule has 0 atom stereocenters. The SMILES string of the molecule is CC.CCNC.COC. The summed E-state index contributed by atoms with van der Waals surface area (Å²) in [5.41, 5.74) is 0. The van der Waals surface area contributed by atoms with Crippen LogP contribution in [0.4, 0.5) is 0 Å². The Bertz CT molecular complexity index is 16.4. The van der Waals surface area contributed by atoms with E-state index in [0.717, 1.165) is 6.54 Å². The third-order valence-electron chi connectivity index (χ3n) is 0.354. The zero-order valence-electron chi connectivity index (χ0n) is 7.62. The molecule has 9 heavy (non-hydrogen) atoms. The van der Waals surface area contributed by atoms with E-state index in [9.17, 15) is 0 Å². The monoisotopic (exact) mass is 135 g/mol. The topological polar surface area (TPSA) is 21.3 Å². The Labute approximate surface area is 59.6 Å².